The fraction of sp³-hybridized carbons (Fsp3) is 0.297. The molecule has 0 unspecified atom stereocenters. The van der Waals surface area contributed by atoms with Crippen LogP contribution in [0, 0.1) is 12.8 Å². The number of urea groups is 1. The molecule has 1 aliphatic rings. The Labute approximate surface area is 264 Å². The number of pyridine rings is 1. The summed E-state index contributed by atoms with van der Waals surface area (Å²) in [6, 6.07) is 29.3. The van der Waals surface area contributed by atoms with Gasteiger partial charge in [-0.25, -0.2) is 14.5 Å². The molecule has 1 aliphatic heterocycles. The van der Waals surface area contributed by atoms with E-state index >= 15 is 0 Å². The van der Waals surface area contributed by atoms with Gasteiger partial charge in [0.05, 0.1) is 16.9 Å². The predicted molar refractivity (Wildman–Crippen MR) is 180 cm³/mol. The highest BCUT2D eigenvalue weighted by Gasteiger charge is 2.25. The second-order valence-electron chi connectivity index (χ2n) is 13.0. The lowest BCUT2D eigenvalue weighted by Gasteiger charge is -2.32. The van der Waals surface area contributed by atoms with Crippen LogP contribution in [0.4, 0.5) is 16.3 Å². The van der Waals surface area contributed by atoms with Gasteiger partial charge in [-0.15, -0.1) is 0 Å². The molecule has 0 aliphatic carbocycles. The van der Waals surface area contributed by atoms with Gasteiger partial charge >= 0.3 is 6.03 Å². The van der Waals surface area contributed by atoms with Gasteiger partial charge in [-0.05, 0) is 74.1 Å². The standard InChI is InChI=1S/C37H40N6O2/c1-25-12-15-30(16-13-25)43-34(24-33(41-43)37(2,3)4)40-36(45)38-29-10-7-8-27(23-29)22-26-18-20-42(21-19-26)35(44)32-17-14-28-9-5-6-11-31(28)39-32/h5-17,23-24,26H,18-22H2,1-4H3,(H2,38,40,45). The zero-order valence-corrected chi connectivity index (χ0v) is 26.4. The molecule has 0 radical (unpaired) electrons. The number of aryl methyl sites for hydroxylation is 1. The van der Waals surface area contributed by atoms with Crippen LogP contribution < -0.4 is 10.6 Å². The Morgan fingerprint density at radius 1 is 0.867 bits per heavy atom. The molecule has 3 heterocycles. The Morgan fingerprint density at radius 3 is 2.38 bits per heavy atom. The third-order valence-electron chi connectivity index (χ3n) is 8.43. The first-order valence-electron chi connectivity index (χ1n) is 15.6. The van der Waals surface area contributed by atoms with Crippen molar-refractivity contribution in [3.8, 4) is 5.69 Å². The first kappa shape index (κ1) is 30.1. The van der Waals surface area contributed by atoms with Crippen LogP contribution in [0.1, 0.15) is 60.9 Å². The highest BCUT2D eigenvalue weighted by Crippen LogP contribution is 2.28. The maximum atomic E-state index is 13.2. The molecule has 0 atom stereocenters. The van der Waals surface area contributed by atoms with Gasteiger partial charge in [-0.2, -0.15) is 5.10 Å². The van der Waals surface area contributed by atoms with Crippen molar-refractivity contribution in [3.05, 3.63) is 114 Å². The van der Waals surface area contributed by atoms with Crippen molar-refractivity contribution >= 4 is 34.3 Å². The lowest BCUT2D eigenvalue weighted by atomic mass is 9.90. The number of anilines is 2. The third kappa shape index (κ3) is 7.06. The fourth-order valence-corrected chi connectivity index (χ4v) is 5.79. The van der Waals surface area contributed by atoms with Gasteiger partial charge in [0, 0.05) is 35.6 Å². The molecule has 8 nitrogen and oxygen atoms in total. The van der Waals surface area contributed by atoms with Crippen molar-refractivity contribution in [1.29, 1.82) is 0 Å². The quantitative estimate of drug-likeness (QED) is 0.208. The average molecular weight is 601 g/mol. The van der Waals surface area contributed by atoms with Crippen molar-refractivity contribution in [3.63, 3.8) is 0 Å². The van der Waals surface area contributed by atoms with Gasteiger partial charge in [0.25, 0.3) is 5.91 Å². The number of piperidine rings is 1. The second kappa shape index (κ2) is 12.6. The van der Waals surface area contributed by atoms with Crippen LogP contribution in [0.2, 0.25) is 0 Å². The van der Waals surface area contributed by atoms with Crippen molar-refractivity contribution in [2.75, 3.05) is 23.7 Å². The van der Waals surface area contributed by atoms with E-state index in [1.807, 2.05) is 96.8 Å². The zero-order valence-electron chi connectivity index (χ0n) is 26.4. The molecule has 0 spiro atoms. The van der Waals surface area contributed by atoms with Crippen LogP contribution in [0.5, 0.6) is 0 Å². The molecule has 1 saturated heterocycles. The van der Waals surface area contributed by atoms with Gasteiger partial charge in [-0.3, -0.25) is 10.1 Å². The first-order valence-corrected chi connectivity index (χ1v) is 15.6. The minimum absolute atomic E-state index is 0.00486. The molecular weight excluding hydrogens is 560 g/mol. The summed E-state index contributed by atoms with van der Waals surface area (Å²) in [5.74, 6) is 1.06. The molecule has 230 valence electrons. The summed E-state index contributed by atoms with van der Waals surface area (Å²) in [5, 5.41) is 11.9. The number of nitrogens with one attached hydrogen (secondary N) is 2. The summed E-state index contributed by atoms with van der Waals surface area (Å²) in [4.78, 5) is 32.8. The molecule has 0 saturated carbocycles. The van der Waals surface area contributed by atoms with Crippen LogP contribution in [0.3, 0.4) is 0 Å². The van der Waals surface area contributed by atoms with E-state index in [1.54, 1.807) is 4.68 Å². The Balaban J connectivity index is 1.06. The Morgan fingerprint density at radius 2 is 1.62 bits per heavy atom. The van der Waals surface area contributed by atoms with Crippen molar-refractivity contribution in [1.82, 2.24) is 19.7 Å². The van der Waals surface area contributed by atoms with Gasteiger partial charge in [-0.1, -0.05) is 74.9 Å². The third-order valence-corrected chi connectivity index (χ3v) is 8.43. The lowest BCUT2D eigenvalue weighted by molar-refractivity contribution is 0.0685. The number of para-hydroxylation sites is 1. The van der Waals surface area contributed by atoms with Crippen molar-refractivity contribution < 1.29 is 9.59 Å². The zero-order chi connectivity index (χ0) is 31.6. The SMILES string of the molecule is Cc1ccc(-n2nc(C(C)(C)C)cc2NC(=O)Nc2cccc(CC3CCN(C(=O)c4ccc5ccccc5n4)CC3)c2)cc1. The predicted octanol–water partition coefficient (Wildman–Crippen LogP) is 7.77. The van der Waals surface area contributed by atoms with Gasteiger partial charge in [0.2, 0.25) is 0 Å². The molecule has 3 aromatic carbocycles. The number of nitrogens with zero attached hydrogens (tertiary/aromatic N) is 4. The Hall–Kier alpha value is -4.98. The Kier molecular flexibility index (Phi) is 8.39. The average Bonchev–Trinajstić information content (AvgIpc) is 3.45. The molecular formula is C37H40N6O2. The van der Waals surface area contributed by atoms with Gasteiger partial charge < -0.3 is 10.2 Å². The molecule has 6 rings (SSSR count). The maximum absolute atomic E-state index is 13.2. The van der Waals surface area contributed by atoms with Crippen LogP contribution in [-0.4, -0.2) is 44.7 Å². The number of rotatable bonds is 6. The molecule has 1 fully saturated rings. The molecule has 8 heteroatoms. The van der Waals surface area contributed by atoms with Crippen LogP contribution >= 0.6 is 0 Å². The summed E-state index contributed by atoms with van der Waals surface area (Å²) < 4.78 is 1.78. The molecule has 0 bridgehead atoms. The number of hydrogen-bond acceptors (Lipinski definition) is 4. The van der Waals surface area contributed by atoms with Crippen LogP contribution in [-0.2, 0) is 11.8 Å². The number of fused-ring (bicyclic) bond motifs is 1. The van der Waals surface area contributed by atoms with E-state index in [0.717, 1.165) is 58.4 Å². The number of likely N-dealkylation sites (tertiary alicyclic amines) is 1. The number of aromatic nitrogens is 3. The first-order chi connectivity index (χ1) is 21.6. The number of hydrogen-bond donors (Lipinski definition) is 2. The smallest absolute Gasteiger partial charge is 0.324 e. The summed E-state index contributed by atoms with van der Waals surface area (Å²) in [5.41, 5.74) is 6.00. The second-order valence-corrected chi connectivity index (χ2v) is 13.0. The summed E-state index contributed by atoms with van der Waals surface area (Å²) in [7, 11) is 0. The summed E-state index contributed by atoms with van der Waals surface area (Å²) in [6.45, 7) is 9.78. The Bertz CT molecular complexity index is 1830. The van der Waals surface area contributed by atoms with E-state index < -0.39 is 0 Å². The molecule has 2 N–H and O–H groups in total. The summed E-state index contributed by atoms with van der Waals surface area (Å²) >= 11 is 0. The van der Waals surface area contributed by atoms with E-state index in [4.69, 9.17) is 5.10 Å². The van der Waals surface area contributed by atoms with Crippen LogP contribution in [0.15, 0.2) is 91.0 Å². The number of carbonyl (C=O) groups excluding carboxylic acids is 2. The van der Waals surface area contributed by atoms with E-state index in [9.17, 15) is 9.59 Å². The normalized spacial score (nSPS) is 14.0. The number of amides is 3. The highest BCUT2D eigenvalue weighted by atomic mass is 16.2. The topological polar surface area (TPSA) is 92.2 Å². The van der Waals surface area contributed by atoms with Crippen LogP contribution in [0.25, 0.3) is 16.6 Å². The van der Waals surface area contributed by atoms with E-state index in [0.29, 0.717) is 30.5 Å². The fourth-order valence-electron chi connectivity index (χ4n) is 5.79. The van der Waals surface area contributed by atoms with E-state index in [-0.39, 0.29) is 17.4 Å². The van der Waals surface area contributed by atoms with E-state index in [1.165, 1.54) is 0 Å². The minimum Gasteiger partial charge on any atom is -0.337 e. The number of benzene rings is 3. The van der Waals surface area contributed by atoms with Gasteiger partial charge in [0.15, 0.2) is 0 Å². The summed E-state index contributed by atoms with van der Waals surface area (Å²) in [6.07, 6.45) is 2.75. The lowest BCUT2D eigenvalue weighted by Crippen LogP contribution is -2.39. The molecule has 3 amide bonds. The number of carbonyl (C=O) groups is 2. The molecule has 2 aromatic heterocycles. The molecule has 45 heavy (non-hydrogen) atoms. The minimum atomic E-state index is -0.324. The van der Waals surface area contributed by atoms with Crippen molar-refractivity contribution in [2.45, 2.75) is 52.4 Å². The molecule has 5 aromatic rings. The maximum Gasteiger partial charge on any atom is 0.324 e. The van der Waals surface area contributed by atoms with E-state index in [2.05, 4.69) is 42.5 Å². The monoisotopic (exact) mass is 600 g/mol. The largest absolute Gasteiger partial charge is 0.337 e. The highest BCUT2D eigenvalue weighted by molar-refractivity contribution is 5.99. The van der Waals surface area contributed by atoms with Gasteiger partial charge in [0.1, 0.15) is 11.5 Å². The van der Waals surface area contributed by atoms with Crippen molar-refractivity contribution in [2.24, 2.45) is 5.92 Å².